The summed E-state index contributed by atoms with van der Waals surface area (Å²) in [4.78, 5) is 0. The van der Waals surface area contributed by atoms with Crippen LogP contribution in [0, 0.1) is 13.8 Å². The first kappa shape index (κ1) is 14.3. The summed E-state index contributed by atoms with van der Waals surface area (Å²) in [7, 11) is 0. The summed E-state index contributed by atoms with van der Waals surface area (Å²) >= 11 is 0. The number of pyridine rings is 2. The van der Waals surface area contributed by atoms with Crippen molar-refractivity contribution in [2.24, 2.45) is 0 Å². The third-order valence-corrected chi connectivity index (χ3v) is 5.36. The molecule has 3 heterocycles. The summed E-state index contributed by atoms with van der Waals surface area (Å²) in [6, 6.07) is 15.8. The molecular weight excluding hydrogens is 302 g/mol. The number of aromatic nitrogens is 1. The average Bonchev–Trinajstić information content (AvgIpc) is 3.04. The first-order chi connectivity index (χ1) is 12.1. The fraction of sp³-hybridized carbons (Fsp3) is 0.0833. The maximum absolute atomic E-state index is 4.08. The second-order valence-corrected chi connectivity index (χ2v) is 6.93. The van der Waals surface area contributed by atoms with Crippen molar-refractivity contribution >= 4 is 50.2 Å². The number of rotatable bonds is 2. The zero-order valence-corrected chi connectivity index (χ0v) is 14.6. The van der Waals surface area contributed by atoms with Gasteiger partial charge in [0.05, 0.1) is 16.6 Å². The Kier molecular flexibility index (Phi) is 2.71. The molecule has 0 atom stereocenters. The van der Waals surface area contributed by atoms with Crippen LogP contribution < -0.4 is 0 Å². The minimum atomic E-state index is 1.15. The molecule has 3 aromatic heterocycles. The number of hydrogen-bond acceptors (Lipinski definition) is 0. The fourth-order valence-corrected chi connectivity index (χ4v) is 4.35. The van der Waals surface area contributed by atoms with E-state index in [4.69, 9.17) is 0 Å². The minimum Gasteiger partial charge on any atom is -0.308 e. The van der Waals surface area contributed by atoms with Gasteiger partial charge in [-0.25, -0.2) is 0 Å². The van der Waals surface area contributed by atoms with Gasteiger partial charge in [0.1, 0.15) is 0 Å². The van der Waals surface area contributed by atoms with E-state index in [2.05, 4.69) is 73.9 Å². The standard InChI is InChI=1S/C24H19N/c1-5-16-17(6-2)22-9-10-23-18-8-7-14(3)11-19(18)21-13-15(4)12-20(16)24(21)25(22)23/h5-13H,1-2H2,3-4H3. The quantitative estimate of drug-likeness (QED) is 0.250. The van der Waals surface area contributed by atoms with Gasteiger partial charge in [-0.3, -0.25) is 0 Å². The van der Waals surface area contributed by atoms with Crippen molar-refractivity contribution in [1.29, 1.82) is 0 Å². The van der Waals surface area contributed by atoms with Crippen LogP contribution in [-0.2, 0) is 0 Å². The van der Waals surface area contributed by atoms with Crippen molar-refractivity contribution < 1.29 is 0 Å². The second kappa shape index (κ2) is 4.73. The van der Waals surface area contributed by atoms with Gasteiger partial charge in [-0.05, 0) is 54.6 Å². The summed E-state index contributed by atoms with van der Waals surface area (Å²) < 4.78 is 2.39. The van der Waals surface area contributed by atoms with Crippen molar-refractivity contribution in [3.8, 4) is 0 Å². The van der Waals surface area contributed by atoms with Crippen LogP contribution in [-0.4, -0.2) is 4.40 Å². The molecule has 0 amide bonds. The van der Waals surface area contributed by atoms with Crippen LogP contribution in [0.2, 0.25) is 0 Å². The van der Waals surface area contributed by atoms with E-state index in [9.17, 15) is 0 Å². The lowest BCUT2D eigenvalue weighted by atomic mass is 9.94. The van der Waals surface area contributed by atoms with Crippen LogP contribution in [0.4, 0.5) is 0 Å². The van der Waals surface area contributed by atoms with E-state index in [1.165, 1.54) is 54.8 Å². The van der Waals surface area contributed by atoms with Crippen LogP contribution >= 0.6 is 0 Å². The lowest BCUT2D eigenvalue weighted by molar-refractivity contribution is 1.33. The summed E-state index contributed by atoms with van der Waals surface area (Å²) in [5.41, 5.74) is 8.61. The Morgan fingerprint density at radius 2 is 1.36 bits per heavy atom. The molecule has 0 spiro atoms. The summed E-state index contributed by atoms with van der Waals surface area (Å²) in [6.07, 6.45) is 3.92. The summed E-state index contributed by atoms with van der Waals surface area (Å²) in [5, 5.41) is 5.17. The molecule has 0 aliphatic rings. The minimum absolute atomic E-state index is 1.15. The third-order valence-electron chi connectivity index (χ3n) is 5.36. The zero-order chi connectivity index (χ0) is 17.3. The molecule has 0 aliphatic carbocycles. The Bertz CT molecular complexity index is 1330. The molecule has 0 radical (unpaired) electrons. The summed E-state index contributed by atoms with van der Waals surface area (Å²) in [6.45, 7) is 12.5. The van der Waals surface area contributed by atoms with Crippen LogP contribution in [0.25, 0.3) is 50.2 Å². The topological polar surface area (TPSA) is 4.41 Å². The fourth-order valence-electron chi connectivity index (χ4n) is 4.35. The summed E-state index contributed by atoms with van der Waals surface area (Å²) in [5.74, 6) is 0. The molecule has 0 unspecified atom stereocenters. The van der Waals surface area contributed by atoms with E-state index >= 15 is 0 Å². The molecule has 120 valence electrons. The van der Waals surface area contributed by atoms with Gasteiger partial charge >= 0.3 is 0 Å². The number of hydrogen-bond donors (Lipinski definition) is 0. The Labute approximate surface area is 146 Å². The van der Waals surface area contributed by atoms with Crippen LogP contribution in [0.5, 0.6) is 0 Å². The molecule has 1 nitrogen and oxygen atoms in total. The van der Waals surface area contributed by atoms with E-state index in [1.54, 1.807) is 0 Å². The molecule has 0 N–H and O–H groups in total. The van der Waals surface area contributed by atoms with E-state index in [1.807, 2.05) is 12.2 Å². The van der Waals surface area contributed by atoms with Gasteiger partial charge in [-0.2, -0.15) is 0 Å². The van der Waals surface area contributed by atoms with Gasteiger partial charge in [-0.1, -0.05) is 49.1 Å². The molecule has 1 heteroatoms. The van der Waals surface area contributed by atoms with E-state index in [-0.39, 0.29) is 0 Å². The molecule has 0 saturated heterocycles. The molecular formula is C24H19N. The van der Waals surface area contributed by atoms with E-state index < -0.39 is 0 Å². The first-order valence-electron chi connectivity index (χ1n) is 8.62. The normalized spacial score (nSPS) is 11.9. The van der Waals surface area contributed by atoms with Crippen molar-refractivity contribution in [2.75, 3.05) is 0 Å². The molecule has 0 aliphatic heterocycles. The monoisotopic (exact) mass is 321 g/mol. The number of benzene rings is 2. The molecule has 2 aromatic carbocycles. The highest BCUT2D eigenvalue weighted by Gasteiger charge is 2.18. The highest BCUT2D eigenvalue weighted by Crippen LogP contribution is 2.40. The number of aryl methyl sites for hydroxylation is 2. The van der Waals surface area contributed by atoms with Gasteiger partial charge in [-0.15, -0.1) is 0 Å². The first-order valence-corrected chi connectivity index (χ1v) is 8.62. The zero-order valence-electron chi connectivity index (χ0n) is 14.6. The molecule has 0 bridgehead atoms. The van der Waals surface area contributed by atoms with Crippen LogP contribution in [0.3, 0.4) is 0 Å². The Hall–Kier alpha value is -3.06. The predicted octanol–water partition coefficient (Wildman–Crippen LogP) is 6.74. The van der Waals surface area contributed by atoms with Crippen molar-refractivity contribution in [2.45, 2.75) is 13.8 Å². The highest BCUT2D eigenvalue weighted by atomic mass is 14.9. The van der Waals surface area contributed by atoms with Gasteiger partial charge in [0.2, 0.25) is 0 Å². The van der Waals surface area contributed by atoms with E-state index in [0.29, 0.717) is 0 Å². The SMILES string of the molecule is C=Cc1c(C=C)c2ccc3c4ccc(C)cc4c4cc(C)cc1c4n23. The van der Waals surface area contributed by atoms with E-state index in [0.717, 1.165) is 5.56 Å². The maximum Gasteiger partial charge on any atom is 0.0619 e. The van der Waals surface area contributed by atoms with Crippen LogP contribution in [0.15, 0.2) is 55.6 Å². The average molecular weight is 321 g/mol. The predicted molar refractivity (Wildman–Crippen MR) is 111 cm³/mol. The van der Waals surface area contributed by atoms with Gasteiger partial charge in [0.15, 0.2) is 0 Å². The van der Waals surface area contributed by atoms with Crippen LogP contribution in [0.1, 0.15) is 22.3 Å². The van der Waals surface area contributed by atoms with Crippen molar-refractivity contribution in [3.63, 3.8) is 0 Å². The Morgan fingerprint density at radius 3 is 2.12 bits per heavy atom. The molecule has 0 fully saturated rings. The molecule has 5 rings (SSSR count). The maximum atomic E-state index is 4.08. The lowest BCUT2D eigenvalue weighted by Gasteiger charge is -2.18. The van der Waals surface area contributed by atoms with Crippen molar-refractivity contribution in [3.05, 3.63) is 77.9 Å². The number of nitrogens with zero attached hydrogens (tertiary/aromatic N) is 1. The third kappa shape index (κ3) is 1.68. The smallest absolute Gasteiger partial charge is 0.0619 e. The molecule has 0 saturated carbocycles. The Morgan fingerprint density at radius 1 is 0.680 bits per heavy atom. The molecule has 5 aromatic rings. The van der Waals surface area contributed by atoms with Crippen molar-refractivity contribution in [1.82, 2.24) is 4.40 Å². The largest absolute Gasteiger partial charge is 0.308 e. The highest BCUT2D eigenvalue weighted by molar-refractivity contribution is 6.20. The molecule has 25 heavy (non-hydrogen) atoms. The van der Waals surface area contributed by atoms with Gasteiger partial charge in [0.25, 0.3) is 0 Å². The second-order valence-electron chi connectivity index (χ2n) is 6.93. The Balaban J connectivity index is 2.27. The van der Waals surface area contributed by atoms with Gasteiger partial charge in [0, 0.05) is 21.7 Å². The lowest BCUT2D eigenvalue weighted by Crippen LogP contribution is -1.99. The van der Waals surface area contributed by atoms with Gasteiger partial charge < -0.3 is 4.40 Å². The number of fused-ring (bicyclic) bond motifs is 3.